The molecule has 0 aromatic heterocycles. The van der Waals surface area contributed by atoms with Crippen LogP contribution in [0.5, 0.6) is 5.75 Å². The van der Waals surface area contributed by atoms with Gasteiger partial charge < -0.3 is 10.5 Å². The van der Waals surface area contributed by atoms with E-state index >= 15 is 0 Å². The van der Waals surface area contributed by atoms with Crippen LogP contribution in [-0.4, -0.2) is 12.4 Å². The molecule has 21 heavy (non-hydrogen) atoms. The molecule has 0 saturated carbocycles. The van der Waals surface area contributed by atoms with Crippen LogP contribution in [0.1, 0.15) is 29.7 Å². The van der Waals surface area contributed by atoms with Crippen LogP contribution in [0.15, 0.2) is 47.4 Å². The zero-order valence-corrected chi connectivity index (χ0v) is 13.9. The third-order valence-corrected chi connectivity index (χ3v) is 5.02. The summed E-state index contributed by atoms with van der Waals surface area (Å²) in [6.45, 7) is 6.45. The van der Waals surface area contributed by atoms with Gasteiger partial charge in [0.2, 0.25) is 0 Å². The van der Waals surface area contributed by atoms with Gasteiger partial charge in [-0.2, -0.15) is 0 Å². The minimum atomic E-state index is 0.000758. The monoisotopic (exact) mass is 301 g/mol. The molecule has 0 spiro atoms. The van der Waals surface area contributed by atoms with Crippen molar-refractivity contribution in [2.24, 2.45) is 5.73 Å². The van der Waals surface area contributed by atoms with E-state index in [1.54, 1.807) is 7.11 Å². The molecule has 2 aromatic carbocycles. The Balaban J connectivity index is 2.11. The fourth-order valence-electron chi connectivity index (χ4n) is 2.21. The first-order valence-electron chi connectivity index (χ1n) is 7.14. The summed E-state index contributed by atoms with van der Waals surface area (Å²) >= 11 is 1.84. The highest BCUT2D eigenvalue weighted by Gasteiger charge is 2.17. The average molecular weight is 301 g/mol. The molecule has 2 N–H and O–H groups in total. The van der Waals surface area contributed by atoms with Crippen LogP contribution in [0.2, 0.25) is 0 Å². The lowest BCUT2D eigenvalue weighted by molar-refractivity contribution is 0.414. The summed E-state index contributed by atoms with van der Waals surface area (Å²) in [7, 11) is 1.67. The zero-order chi connectivity index (χ0) is 15.4. The van der Waals surface area contributed by atoms with Crippen LogP contribution in [-0.2, 0) is 0 Å². The Bertz CT molecular complexity index is 595. The van der Waals surface area contributed by atoms with Crippen LogP contribution in [0, 0.1) is 13.8 Å². The lowest BCUT2D eigenvalue weighted by Crippen LogP contribution is -2.21. The van der Waals surface area contributed by atoms with Crippen LogP contribution < -0.4 is 10.5 Å². The highest BCUT2D eigenvalue weighted by molar-refractivity contribution is 8.00. The number of thioether (sulfide) groups is 1. The predicted octanol–water partition coefficient (Wildman–Crippen LogP) is 4.49. The van der Waals surface area contributed by atoms with Gasteiger partial charge in [0.1, 0.15) is 5.75 Å². The Morgan fingerprint density at radius 1 is 1.05 bits per heavy atom. The largest absolute Gasteiger partial charge is 0.497 e. The van der Waals surface area contributed by atoms with Crippen molar-refractivity contribution < 1.29 is 4.74 Å². The Morgan fingerprint density at radius 2 is 1.71 bits per heavy atom. The van der Waals surface area contributed by atoms with Gasteiger partial charge >= 0.3 is 0 Å². The molecule has 0 aliphatic rings. The molecule has 0 amide bonds. The molecular weight excluding hydrogens is 278 g/mol. The smallest absolute Gasteiger partial charge is 0.118 e. The van der Waals surface area contributed by atoms with Gasteiger partial charge in [0.15, 0.2) is 0 Å². The fourth-order valence-corrected chi connectivity index (χ4v) is 3.42. The standard InChI is InChI=1S/C18H23NOS/c1-12-5-6-13(2)17(11-12)21-14(3)18(19)15-7-9-16(20-4)10-8-15/h5-11,14,18H,19H2,1-4H3. The van der Waals surface area contributed by atoms with E-state index in [1.165, 1.54) is 16.0 Å². The van der Waals surface area contributed by atoms with Crippen molar-refractivity contribution in [2.45, 2.75) is 37.0 Å². The van der Waals surface area contributed by atoms with Gasteiger partial charge in [0.25, 0.3) is 0 Å². The number of ether oxygens (including phenoxy) is 1. The number of hydrogen-bond donors (Lipinski definition) is 1. The summed E-state index contributed by atoms with van der Waals surface area (Å²) < 4.78 is 5.19. The Hall–Kier alpha value is -1.45. The lowest BCUT2D eigenvalue weighted by Gasteiger charge is -2.21. The summed E-state index contributed by atoms with van der Waals surface area (Å²) in [5, 5.41) is 0.305. The molecule has 0 aliphatic heterocycles. The Morgan fingerprint density at radius 3 is 2.33 bits per heavy atom. The fraction of sp³-hybridized carbons (Fsp3) is 0.333. The topological polar surface area (TPSA) is 35.2 Å². The minimum Gasteiger partial charge on any atom is -0.497 e. The summed E-state index contributed by atoms with van der Waals surface area (Å²) in [6, 6.07) is 14.6. The van der Waals surface area contributed by atoms with Crippen LogP contribution in [0.3, 0.4) is 0 Å². The number of hydrogen-bond acceptors (Lipinski definition) is 3. The van der Waals surface area contributed by atoms with Gasteiger partial charge in [-0.25, -0.2) is 0 Å². The maximum atomic E-state index is 6.40. The summed E-state index contributed by atoms with van der Waals surface area (Å²) in [4.78, 5) is 1.31. The molecule has 2 rings (SSSR count). The molecule has 0 radical (unpaired) electrons. The van der Waals surface area contributed by atoms with Crippen molar-refractivity contribution in [3.63, 3.8) is 0 Å². The lowest BCUT2D eigenvalue weighted by atomic mass is 10.1. The van der Waals surface area contributed by atoms with Crippen LogP contribution in [0.25, 0.3) is 0 Å². The quantitative estimate of drug-likeness (QED) is 0.826. The molecule has 2 nitrogen and oxygen atoms in total. The molecule has 0 saturated heterocycles. The highest BCUT2D eigenvalue weighted by atomic mass is 32.2. The van der Waals surface area contributed by atoms with Crippen molar-refractivity contribution >= 4 is 11.8 Å². The Kier molecular flexibility index (Phi) is 5.32. The van der Waals surface area contributed by atoms with E-state index < -0.39 is 0 Å². The molecule has 0 fully saturated rings. The molecule has 2 atom stereocenters. The van der Waals surface area contributed by atoms with Crippen LogP contribution >= 0.6 is 11.8 Å². The van der Waals surface area contributed by atoms with E-state index in [0.29, 0.717) is 5.25 Å². The van der Waals surface area contributed by atoms with Gasteiger partial charge in [-0.05, 0) is 43.2 Å². The number of benzene rings is 2. The van der Waals surface area contributed by atoms with E-state index in [-0.39, 0.29) is 6.04 Å². The summed E-state index contributed by atoms with van der Waals surface area (Å²) in [5.41, 5.74) is 10.1. The normalized spacial score (nSPS) is 13.8. The van der Waals surface area contributed by atoms with Crippen LogP contribution in [0.4, 0.5) is 0 Å². The molecule has 0 aliphatic carbocycles. The van der Waals surface area contributed by atoms with E-state index in [4.69, 9.17) is 10.5 Å². The second kappa shape index (κ2) is 7.01. The maximum Gasteiger partial charge on any atom is 0.118 e. The first-order chi connectivity index (χ1) is 10.0. The first-order valence-corrected chi connectivity index (χ1v) is 8.02. The molecule has 0 bridgehead atoms. The maximum absolute atomic E-state index is 6.40. The van der Waals surface area contributed by atoms with Gasteiger partial charge in [-0.15, -0.1) is 11.8 Å². The number of methoxy groups -OCH3 is 1. The average Bonchev–Trinajstić information content (AvgIpc) is 2.50. The van der Waals surface area contributed by atoms with E-state index in [0.717, 1.165) is 11.3 Å². The minimum absolute atomic E-state index is 0.000758. The summed E-state index contributed by atoms with van der Waals surface area (Å²) in [5.74, 6) is 0.862. The summed E-state index contributed by atoms with van der Waals surface area (Å²) in [6.07, 6.45) is 0. The molecule has 0 heterocycles. The Labute approximate surface area is 131 Å². The molecule has 112 valence electrons. The second-order valence-corrected chi connectivity index (χ2v) is 6.81. The van der Waals surface area contributed by atoms with Crippen molar-refractivity contribution in [1.82, 2.24) is 0 Å². The van der Waals surface area contributed by atoms with Gasteiger partial charge in [-0.3, -0.25) is 0 Å². The zero-order valence-electron chi connectivity index (χ0n) is 13.1. The second-order valence-electron chi connectivity index (χ2n) is 5.39. The molecule has 2 unspecified atom stereocenters. The van der Waals surface area contributed by atoms with Crippen molar-refractivity contribution in [2.75, 3.05) is 7.11 Å². The molecule has 2 aromatic rings. The SMILES string of the molecule is COc1ccc(C(N)C(C)Sc2cc(C)ccc2C)cc1. The van der Waals surface area contributed by atoms with Crippen molar-refractivity contribution in [3.05, 3.63) is 59.2 Å². The predicted molar refractivity (Wildman–Crippen MR) is 91.2 cm³/mol. The highest BCUT2D eigenvalue weighted by Crippen LogP contribution is 2.33. The van der Waals surface area contributed by atoms with Gasteiger partial charge in [0.05, 0.1) is 7.11 Å². The third kappa shape index (κ3) is 4.02. The number of aryl methyl sites for hydroxylation is 2. The first kappa shape index (κ1) is 15.9. The van der Waals surface area contributed by atoms with E-state index in [1.807, 2.05) is 36.0 Å². The molecule has 3 heteroatoms. The molecular formula is C18H23NOS. The number of rotatable bonds is 5. The van der Waals surface area contributed by atoms with E-state index in [2.05, 4.69) is 39.0 Å². The van der Waals surface area contributed by atoms with Crippen molar-refractivity contribution in [3.8, 4) is 5.75 Å². The van der Waals surface area contributed by atoms with Gasteiger partial charge in [0, 0.05) is 16.2 Å². The number of nitrogens with two attached hydrogens (primary N) is 1. The van der Waals surface area contributed by atoms with Gasteiger partial charge in [-0.1, -0.05) is 36.8 Å². The van der Waals surface area contributed by atoms with E-state index in [9.17, 15) is 0 Å². The third-order valence-electron chi connectivity index (χ3n) is 3.66. The van der Waals surface area contributed by atoms with Crippen molar-refractivity contribution in [1.29, 1.82) is 0 Å².